The lowest BCUT2D eigenvalue weighted by Crippen LogP contribution is -2.50. The van der Waals surface area contributed by atoms with E-state index in [1.54, 1.807) is 23.1 Å². The SMILES string of the molecule is Cc1ccccc1CC(=O)N1CCN(S(=O)(=O)c2ccccc2Cl)CC1. The highest BCUT2D eigenvalue weighted by atomic mass is 35.5. The number of benzene rings is 2. The molecule has 1 aliphatic rings. The number of carbonyl (C=O) groups excluding carboxylic acids is 1. The summed E-state index contributed by atoms with van der Waals surface area (Å²) in [6, 6.07) is 14.2. The normalized spacial score (nSPS) is 15.8. The van der Waals surface area contributed by atoms with Crippen molar-refractivity contribution in [1.29, 1.82) is 0 Å². The van der Waals surface area contributed by atoms with Gasteiger partial charge in [-0.1, -0.05) is 48.0 Å². The molecule has 1 saturated heterocycles. The van der Waals surface area contributed by atoms with E-state index in [-0.39, 0.29) is 28.9 Å². The summed E-state index contributed by atoms with van der Waals surface area (Å²) in [5, 5.41) is 0.213. The van der Waals surface area contributed by atoms with Gasteiger partial charge in [-0.15, -0.1) is 0 Å². The molecule has 138 valence electrons. The number of sulfonamides is 1. The number of nitrogens with zero attached hydrogens (tertiary/aromatic N) is 2. The molecule has 0 N–H and O–H groups in total. The van der Waals surface area contributed by atoms with Gasteiger partial charge in [0.1, 0.15) is 4.90 Å². The third-order valence-corrected chi connectivity index (χ3v) is 7.05. The summed E-state index contributed by atoms with van der Waals surface area (Å²) >= 11 is 6.04. The minimum absolute atomic E-state index is 0.0223. The van der Waals surface area contributed by atoms with Gasteiger partial charge in [-0.05, 0) is 30.2 Å². The second-order valence-corrected chi connectivity index (χ2v) is 8.63. The van der Waals surface area contributed by atoms with Crippen molar-refractivity contribution in [3.8, 4) is 0 Å². The van der Waals surface area contributed by atoms with Crippen LogP contribution in [0.25, 0.3) is 0 Å². The van der Waals surface area contributed by atoms with Gasteiger partial charge in [0.2, 0.25) is 15.9 Å². The minimum Gasteiger partial charge on any atom is -0.340 e. The van der Waals surface area contributed by atoms with E-state index in [9.17, 15) is 13.2 Å². The fraction of sp³-hybridized carbons (Fsp3) is 0.316. The predicted molar refractivity (Wildman–Crippen MR) is 102 cm³/mol. The van der Waals surface area contributed by atoms with Crippen LogP contribution in [0.5, 0.6) is 0 Å². The van der Waals surface area contributed by atoms with E-state index in [2.05, 4.69) is 0 Å². The van der Waals surface area contributed by atoms with Crippen molar-refractivity contribution in [2.24, 2.45) is 0 Å². The van der Waals surface area contributed by atoms with Crippen molar-refractivity contribution in [3.63, 3.8) is 0 Å². The number of amides is 1. The molecular formula is C19H21ClN2O3S. The summed E-state index contributed by atoms with van der Waals surface area (Å²) in [5.41, 5.74) is 2.09. The summed E-state index contributed by atoms with van der Waals surface area (Å²) in [6.45, 7) is 3.29. The molecule has 1 fully saturated rings. The number of rotatable bonds is 4. The standard InChI is InChI=1S/C19H21ClN2O3S/c1-15-6-2-3-7-16(15)14-19(23)21-10-12-22(13-11-21)26(24,25)18-9-5-4-8-17(18)20/h2-9H,10-14H2,1H3. The maximum Gasteiger partial charge on any atom is 0.244 e. The highest BCUT2D eigenvalue weighted by Gasteiger charge is 2.31. The van der Waals surface area contributed by atoms with Crippen molar-refractivity contribution >= 4 is 27.5 Å². The van der Waals surface area contributed by atoms with Gasteiger partial charge in [0, 0.05) is 26.2 Å². The molecule has 26 heavy (non-hydrogen) atoms. The Labute approximate surface area is 159 Å². The molecular weight excluding hydrogens is 372 g/mol. The number of hydrogen-bond acceptors (Lipinski definition) is 3. The van der Waals surface area contributed by atoms with Crippen LogP contribution < -0.4 is 0 Å². The molecule has 5 nitrogen and oxygen atoms in total. The van der Waals surface area contributed by atoms with Gasteiger partial charge in [-0.3, -0.25) is 4.79 Å². The van der Waals surface area contributed by atoms with Gasteiger partial charge < -0.3 is 4.90 Å². The minimum atomic E-state index is -3.64. The number of carbonyl (C=O) groups is 1. The maximum atomic E-state index is 12.8. The van der Waals surface area contributed by atoms with Gasteiger partial charge in [0.15, 0.2) is 0 Å². The highest BCUT2D eigenvalue weighted by molar-refractivity contribution is 7.89. The van der Waals surface area contributed by atoms with E-state index in [0.717, 1.165) is 11.1 Å². The molecule has 0 bridgehead atoms. The smallest absolute Gasteiger partial charge is 0.244 e. The van der Waals surface area contributed by atoms with Crippen LogP contribution in [0, 0.1) is 6.92 Å². The Balaban J connectivity index is 1.65. The first-order valence-corrected chi connectivity index (χ1v) is 10.3. The average molecular weight is 393 g/mol. The van der Waals surface area contributed by atoms with Crippen molar-refractivity contribution in [2.75, 3.05) is 26.2 Å². The Morgan fingerprint density at radius 2 is 1.62 bits per heavy atom. The summed E-state index contributed by atoms with van der Waals surface area (Å²) < 4.78 is 26.9. The van der Waals surface area contributed by atoms with Gasteiger partial charge in [0.25, 0.3) is 0 Å². The number of aryl methyl sites for hydroxylation is 1. The summed E-state index contributed by atoms with van der Waals surface area (Å²) in [6.07, 6.45) is 0.337. The Morgan fingerprint density at radius 1 is 1.00 bits per heavy atom. The van der Waals surface area contributed by atoms with E-state index < -0.39 is 10.0 Å². The number of piperazine rings is 1. The Kier molecular flexibility index (Phi) is 5.65. The topological polar surface area (TPSA) is 57.7 Å². The van der Waals surface area contributed by atoms with Gasteiger partial charge >= 0.3 is 0 Å². The predicted octanol–water partition coefficient (Wildman–Crippen LogP) is 2.72. The second kappa shape index (κ2) is 7.78. The fourth-order valence-corrected chi connectivity index (χ4v) is 4.97. The lowest BCUT2D eigenvalue weighted by atomic mass is 10.1. The third kappa shape index (κ3) is 3.92. The molecule has 0 atom stereocenters. The van der Waals surface area contributed by atoms with Crippen LogP contribution in [0.1, 0.15) is 11.1 Å². The molecule has 1 amide bonds. The van der Waals surface area contributed by atoms with Gasteiger partial charge in [-0.25, -0.2) is 8.42 Å². The molecule has 3 rings (SSSR count). The van der Waals surface area contributed by atoms with Crippen molar-refractivity contribution < 1.29 is 13.2 Å². The molecule has 1 aliphatic heterocycles. The number of halogens is 1. The zero-order valence-corrected chi connectivity index (χ0v) is 16.1. The molecule has 2 aromatic rings. The summed E-state index contributed by atoms with van der Waals surface area (Å²) in [4.78, 5) is 14.4. The Morgan fingerprint density at radius 3 is 2.27 bits per heavy atom. The number of hydrogen-bond donors (Lipinski definition) is 0. The van der Waals surface area contributed by atoms with Crippen LogP contribution >= 0.6 is 11.6 Å². The lowest BCUT2D eigenvalue weighted by Gasteiger charge is -2.34. The van der Waals surface area contributed by atoms with E-state index >= 15 is 0 Å². The third-order valence-electron chi connectivity index (χ3n) is 4.65. The first kappa shape index (κ1) is 18.9. The van der Waals surface area contributed by atoms with Gasteiger partial charge in [0.05, 0.1) is 11.4 Å². The summed E-state index contributed by atoms with van der Waals surface area (Å²) in [7, 11) is -3.64. The monoisotopic (exact) mass is 392 g/mol. The molecule has 2 aromatic carbocycles. The van der Waals surface area contributed by atoms with Crippen molar-refractivity contribution in [1.82, 2.24) is 9.21 Å². The highest BCUT2D eigenvalue weighted by Crippen LogP contribution is 2.25. The Hall–Kier alpha value is -1.89. The maximum absolute atomic E-state index is 12.8. The van der Waals surface area contributed by atoms with E-state index in [1.807, 2.05) is 31.2 Å². The van der Waals surface area contributed by atoms with Crippen molar-refractivity contribution in [3.05, 3.63) is 64.7 Å². The van der Waals surface area contributed by atoms with E-state index in [1.165, 1.54) is 10.4 Å². The quantitative estimate of drug-likeness (QED) is 0.803. The van der Waals surface area contributed by atoms with Crippen LogP contribution in [0.4, 0.5) is 0 Å². The largest absolute Gasteiger partial charge is 0.340 e. The second-order valence-electron chi connectivity index (χ2n) is 6.32. The molecule has 7 heteroatoms. The molecule has 0 saturated carbocycles. The van der Waals surface area contributed by atoms with E-state index in [4.69, 9.17) is 11.6 Å². The van der Waals surface area contributed by atoms with Crippen LogP contribution in [-0.2, 0) is 21.2 Å². The first-order chi connectivity index (χ1) is 12.4. The van der Waals surface area contributed by atoms with Crippen molar-refractivity contribution in [2.45, 2.75) is 18.2 Å². The summed E-state index contributed by atoms with van der Waals surface area (Å²) in [5.74, 6) is 0.0223. The van der Waals surface area contributed by atoms with Crippen LogP contribution in [0.3, 0.4) is 0 Å². The Bertz CT molecular complexity index is 907. The van der Waals surface area contributed by atoms with Gasteiger partial charge in [-0.2, -0.15) is 4.31 Å². The molecule has 0 aliphatic carbocycles. The zero-order valence-electron chi connectivity index (χ0n) is 14.6. The lowest BCUT2D eigenvalue weighted by molar-refractivity contribution is -0.131. The first-order valence-electron chi connectivity index (χ1n) is 8.46. The fourth-order valence-electron chi connectivity index (χ4n) is 3.05. The van der Waals surface area contributed by atoms with Crippen LogP contribution in [0.2, 0.25) is 5.02 Å². The molecule has 1 heterocycles. The molecule has 0 spiro atoms. The van der Waals surface area contributed by atoms with Crippen LogP contribution in [0.15, 0.2) is 53.4 Å². The molecule has 0 aromatic heterocycles. The average Bonchev–Trinajstić information content (AvgIpc) is 2.64. The molecule has 0 unspecified atom stereocenters. The van der Waals surface area contributed by atoms with Crippen LogP contribution in [-0.4, -0.2) is 49.7 Å². The molecule has 0 radical (unpaired) electrons. The zero-order chi connectivity index (χ0) is 18.7. The van der Waals surface area contributed by atoms with E-state index in [0.29, 0.717) is 19.5 Å².